The van der Waals surface area contributed by atoms with Gasteiger partial charge in [0.25, 0.3) is 0 Å². The third-order valence-corrected chi connectivity index (χ3v) is 3.50. The van der Waals surface area contributed by atoms with Crippen molar-refractivity contribution in [3.05, 3.63) is 52.8 Å². The van der Waals surface area contributed by atoms with Gasteiger partial charge in [0.1, 0.15) is 4.99 Å². The standard InChI is InChI=1S/C13H12BrN3S/c1-17(10-3-2-6-16-8-10)12-5-4-9(13(15)18)7-11(12)14/h2-8H,1H3,(H2,15,18). The minimum atomic E-state index is 0.395. The number of thiocarbonyl (C=S) groups is 1. The quantitative estimate of drug-likeness (QED) is 0.881. The summed E-state index contributed by atoms with van der Waals surface area (Å²) in [6.45, 7) is 0. The molecule has 0 atom stereocenters. The molecular weight excluding hydrogens is 310 g/mol. The van der Waals surface area contributed by atoms with Crippen molar-refractivity contribution in [2.75, 3.05) is 11.9 Å². The highest BCUT2D eigenvalue weighted by Gasteiger charge is 2.09. The Bertz CT molecular complexity index is 572. The summed E-state index contributed by atoms with van der Waals surface area (Å²) in [6.07, 6.45) is 3.57. The summed E-state index contributed by atoms with van der Waals surface area (Å²) in [7, 11) is 1.98. The van der Waals surface area contributed by atoms with Gasteiger partial charge < -0.3 is 10.6 Å². The first-order valence-electron chi connectivity index (χ1n) is 5.32. The molecule has 2 N–H and O–H groups in total. The zero-order valence-corrected chi connectivity index (χ0v) is 12.2. The summed E-state index contributed by atoms with van der Waals surface area (Å²) in [5, 5.41) is 0. The van der Waals surface area contributed by atoms with Crippen LogP contribution < -0.4 is 10.6 Å². The first kappa shape index (κ1) is 13.0. The van der Waals surface area contributed by atoms with Crippen LogP contribution in [0.1, 0.15) is 5.56 Å². The van der Waals surface area contributed by atoms with Gasteiger partial charge in [-0.2, -0.15) is 0 Å². The van der Waals surface area contributed by atoms with E-state index < -0.39 is 0 Å². The molecular formula is C13H12BrN3S. The number of aromatic nitrogens is 1. The largest absolute Gasteiger partial charge is 0.389 e. The lowest BCUT2D eigenvalue weighted by Gasteiger charge is -2.20. The van der Waals surface area contributed by atoms with E-state index in [0.29, 0.717) is 4.99 Å². The smallest absolute Gasteiger partial charge is 0.104 e. The molecule has 1 heterocycles. The highest BCUT2D eigenvalue weighted by Crippen LogP contribution is 2.31. The summed E-state index contributed by atoms with van der Waals surface area (Å²) >= 11 is 8.49. The van der Waals surface area contributed by atoms with Crippen LogP contribution in [0.4, 0.5) is 11.4 Å². The summed E-state index contributed by atoms with van der Waals surface area (Å²) in [4.78, 5) is 6.55. The number of hydrogen-bond acceptors (Lipinski definition) is 3. The Labute approximate surface area is 120 Å². The molecule has 0 fully saturated rings. The molecule has 0 radical (unpaired) electrons. The van der Waals surface area contributed by atoms with Crippen LogP contribution in [0.3, 0.4) is 0 Å². The van der Waals surface area contributed by atoms with Crippen molar-refractivity contribution in [3.8, 4) is 0 Å². The molecule has 0 saturated carbocycles. The molecule has 92 valence electrons. The molecule has 0 aliphatic heterocycles. The van der Waals surface area contributed by atoms with Crippen LogP contribution >= 0.6 is 28.1 Å². The van der Waals surface area contributed by atoms with Gasteiger partial charge in [-0.15, -0.1) is 0 Å². The van der Waals surface area contributed by atoms with Gasteiger partial charge in [-0.05, 0) is 46.3 Å². The average Bonchev–Trinajstić information content (AvgIpc) is 2.38. The first-order valence-corrected chi connectivity index (χ1v) is 6.53. The normalized spacial score (nSPS) is 10.1. The molecule has 0 amide bonds. The number of rotatable bonds is 3. The van der Waals surface area contributed by atoms with Crippen molar-refractivity contribution in [1.82, 2.24) is 4.98 Å². The van der Waals surface area contributed by atoms with E-state index in [2.05, 4.69) is 20.9 Å². The maximum absolute atomic E-state index is 5.61. The summed E-state index contributed by atoms with van der Waals surface area (Å²) in [5.74, 6) is 0. The van der Waals surface area contributed by atoms with Crippen LogP contribution in [0, 0.1) is 0 Å². The maximum atomic E-state index is 5.61. The van der Waals surface area contributed by atoms with Gasteiger partial charge in [0.05, 0.1) is 17.6 Å². The second-order valence-electron chi connectivity index (χ2n) is 3.80. The van der Waals surface area contributed by atoms with Gasteiger partial charge in [0.15, 0.2) is 0 Å². The molecule has 0 unspecified atom stereocenters. The van der Waals surface area contributed by atoms with E-state index in [4.69, 9.17) is 18.0 Å². The lowest BCUT2D eigenvalue weighted by Crippen LogP contribution is -2.12. The predicted octanol–water partition coefficient (Wildman–Crippen LogP) is 3.25. The molecule has 0 aliphatic rings. The van der Waals surface area contributed by atoms with Gasteiger partial charge in [-0.3, -0.25) is 4.98 Å². The van der Waals surface area contributed by atoms with Crippen molar-refractivity contribution >= 4 is 44.5 Å². The topological polar surface area (TPSA) is 42.2 Å². The fourth-order valence-corrected chi connectivity index (χ4v) is 2.40. The van der Waals surface area contributed by atoms with E-state index in [1.807, 2.05) is 48.5 Å². The Kier molecular flexibility index (Phi) is 3.93. The molecule has 18 heavy (non-hydrogen) atoms. The van der Waals surface area contributed by atoms with E-state index in [0.717, 1.165) is 21.4 Å². The molecule has 0 bridgehead atoms. The minimum Gasteiger partial charge on any atom is -0.389 e. The van der Waals surface area contributed by atoms with Crippen LogP contribution in [0.15, 0.2) is 47.2 Å². The summed E-state index contributed by atoms with van der Waals surface area (Å²) in [6, 6.07) is 9.72. The van der Waals surface area contributed by atoms with Crippen molar-refractivity contribution in [2.45, 2.75) is 0 Å². The molecule has 0 saturated heterocycles. The lowest BCUT2D eigenvalue weighted by atomic mass is 10.2. The minimum absolute atomic E-state index is 0.395. The van der Waals surface area contributed by atoms with Gasteiger partial charge in [-0.1, -0.05) is 12.2 Å². The Hall–Kier alpha value is -1.46. The number of anilines is 2. The van der Waals surface area contributed by atoms with Crippen molar-refractivity contribution in [3.63, 3.8) is 0 Å². The fourth-order valence-electron chi connectivity index (χ4n) is 1.62. The van der Waals surface area contributed by atoms with Crippen LogP contribution in [0.2, 0.25) is 0 Å². The molecule has 1 aromatic carbocycles. The van der Waals surface area contributed by atoms with Crippen LogP contribution in [-0.4, -0.2) is 17.0 Å². The average molecular weight is 322 g/mol. The highest BCUT2D eigenvalue weighted by molar-refractivity contribution is 9.10. The maximum Gasteiger partial charge on any atom is 0.104 e. The van der Waals surface area contributed by atoms with E-state index in [1.54, 1.807) is 6.20 Å². The van der Waals surface area contributed by atoms with Crippen LogP contribution in [0.5, 0.6) is 0 Å². The summed E-state index contributed by atoms with van der Waals surface area (Å²) in [5.41, 5.74) is 8.50. The number of pyridine rings is 1. The molecule has 2 aromatic rings. The number of nitrogens with two attached hydrogens (primary N) is 1. The van der Waals surface area contributed by atoms with Crippen LogP contribution in [-0.2, 0) is 0 Å². The monoisotopic (exact) mass is 321 g/mol. The van der Waals surface area contributed by atoms with Crippen molar-refractivity contribution < 1.29 is 0 Å². The Morgan fingerprint density at radius 1 is 1.39 bits per heavy atom. The number of benzene rings is 1. The third-order valence-electron chi connectivity index (χ3n) is 2.63. The SMILES string of the molecule is CN(c1cccnc1)c1ccc(C(N)=S)cc1Br. The van der Waals surface area contributed by atoms with Crippen LogP contribution in [0.25, 0.3) is 0 Å². The van der Waals surface area contributed by atoms with Gasteiger partial charge in [0, 0.05) is 23.3 Å². The summed E-state index contributed by atoms with van der Waals surface area (Å²) < 4.78 is 0.944. The third kappa shape index (κ3) is 2.68. The Balaban J connectivity index is 2.37. The van der Waals surface area contributed by atoms with E-state index in [1.165, 1.54) is 0 Å². The lowest BCUT2D eigenvalue weighted by molar-refractivity contribution is 1.17. The van der Waals surface area contributed by atoms with E-state index in [-0.39, 0.29) is 0 Å². The second kappa shape index (κ2) is 5.46. The van der Waals surface area contributed by atoms with Gasteiger partial charge in [-0.25, -0.2) is 0 Å². The highest BCUT2D eigenvalue weighted by atomic mass is 79.9. The second-order valence-corrected chi connectivity index (χ2v) is 5.09. The Morgan fingerprint density at radius 2 is 2.17 bits per heavy atom. The predicted molar refractivity (Wildman–Crippen MR) is 82.3 cm³/mol. The zero-order chi connectivity index (χ0) is 13.1. The molecule has 0 spiro atoms. The molecule has 5 heteroatoms. The zero-order valence-electron chi connectivity index (χ0n) is 9.80. The van der Waals surface area contributed by atoms with Crippen molar-refractivity contribution in [1.29, 1.82) is 0 Å². The number of halogens is 1. The number of nitrogens with zero attached hydrogens (tertiary/aromatic N) is 2. The molecule has 1 aromatic heterocycles. The molecule has 0 aliphatic carbocycles. The molecule has 3 nitrogen and oxygen atoms in total. The van der Waals surface area contributed by atoms with E-state index in [9.17, 15) is 0 Å². The Morgan fingerprint density at radius 3 is 2.72 bits per heavy atom. The first-order chi connectivity index (χ1) is 8.59. The van der Waals surface area contributed by atoms with Crippen molar-refractivity contribution in [2.24, 2.45) is 5.73 Å². The van der Waals surface area contributed by atoms with Gasteiger partial charge >= 0.3 is 0 Å². The number of hydrogen-bond donors (Lipinski definition) is 1. The van der Waals surface area contributed by atoms with E-state index >= 15 is 0 Å². The molecule has 2 rings (SSSR count). The fraction of sp³-hybridized carbons (Fsp3) is 0.0769. The van der Waals surface area contributed by atoms with Gasteiger partial charge in [0.2, 0.25) is 0 Å².